The van der Waals surface area contributed by atoms with E-state index in [1.54, 1.807) is 0 Å². The monoisotopic (exact) mass is 418 g/mol. The van der Waals surface area contributed by atoms with E-state index in [4.69, 9.17) is 9.90 Å². The van der Waals surface area contributed by atoms with Crippen LogP contribution < -0.4 is 10.2 Å². The molecule has 26 heavy (non-hydrogen) atoms. The van der Waals surface area contributed by atoms with E-state index in [0.717, 1.165) is 12.8 Å². The van der Waals surface area contributed by atoms with Gasteiger partial charge in [-0.1, -0.05) is 96.8 Å². The topological polar surface area (TPSA) is 80.3 Å². The summed E-state index contributed by atoms with van der Waals surface area (Å²) < 4.78 is 10.5. The number of halogens is 1. The average Bonchev–Trinajstić information content (AvgIpc) is 2.58. The average molecular weight is 419 g/mol. The Kier molecular flexibility index (Phi) is 30.8. The molecule has 0 spiro atoms. The van der Waals surface area contributed by atoms with Crippen LogP contribution in [0.4, 0.5) is 4.39 Å². The van der Waals surface area contributed by atoms with Crippen LogP contribution in [0.2, 0.25) is 0 Å². The maximum atomic E-state index is 10.5. The van der Waals surface area contributed by atoms with Crippen molar-refractivity contribution >= 4 is 11.9 Å². The first kappa shape index (κ1) is 30.1. The second-order valence-electron chi connectivity index (χ2n) is 6.58. The minimum atomic E-state index is -1.66. The van der Waals surface area contributed by atoms with Gasteiger partial charge in [0, 0.05) is 5.97 Å². The summed E-state index contributed by atoms with van der Waals surface area (Å²) in [5.74, 6) is -2.57. The number of aliphatic carboxylic acids is 2. The van der Waals surface area contributed by atoms with Gasteiger partial charge in [0.1, 0.15) is 6.67 Å². The van der Waals surface area contributed by atoms with Crippen LogP contribution in [0, 0.1) is 0 Å². The molecule has 0 atom stereocenters. The standard InChI is InChI=1S/C18H36O2.C2H3FO2.Ni/c1-2-3-4-5-6-7-8-9-10-11-12-13-14-15-16-17-18(19)20;3-1-2(4)5;/h2-17H2,1H3,(H,19,20);1H2,(H,4,5);/q;;+2/p-2. The maximum absolute atomic E-state index is 10.5. The van der Waals surface area contributed by atoms with Gasteiger partial charge in [0.05, 0.1) is 5.97 Å². The van der Waals surface area contributed by atoms with Crippen molar-refractivity contribution < 1.29 is 40.7 Å². The van der Waals surface area contributed by atoms with Crippen LogP contribution in [0.1, 0.15) is 110 Å². The molecule has 0 saturated carbocycles. The Morgan fingerprint density at radius 2 is 0.885 bits per heavy atom. The van der Waals surface area contributed by atoms with Gasteiger partial charge < -0.3 is 19.8 Å². The molecule has 0 heterocycles. The molecule has 0 aromatic heterocycles. The van der Waals surface area contributed by atoms with Crippen molar-refractivity contribution in [2.45, 2.75) is 110 Å². The molecule has 0 rings (SSSR count). The van der Waals surface area contributed by atoms with Gasteiger partial charge >= 0.3 is 16.5 Å². The zero-order chi connectivity index (χ0) is 19.2. The Labute approximate surface area is 169 Å². The molecule has 158 valence electrons. The van der Waals surface area contributed by atoms with Gasteiger partial charge in [-0.25, -0.2) is 4.39 Å². The summed E-state index contributed by atoms with van der Waals surface area (Å²) in [4.78, 5) is 19.1. The maximum Gasteiger partial charge on any atom is 2.00 e. The van der Waals surface area contributed by atoms with E-state index in [2.05, 4.69) is 6.92 Å². The van der Waals surface area contributed by atoms with Crippen LogP contribution in [0.3, 0.4) is 0 Å². The van der Waals surface area contributed by atoms with Crippen LogP contribution in [0.15, 0.2) is 0 Å². The quantitative estimate of drug-likeness (QED) is 0.266. The molecule has 0 aromatic rings. The number of carbonyl (C=O) groups is 2. The molecule has 0 unspecified atom stereocenters. The fourth-order valence-electron chi connectivity index (χ4n) is 2.64. The van der Waals surface area contributed by atoms with E-state index in [1.165, 1.54) is 83.5 Å². The fourth-order valence-corrected chi connectivity index (χ4v) is 2.64. The second-order valence-corrected chi connectivity index (χ2v) is 6.58. The van der Waals surface area contributed by atoms with E-state index in [-0.39, 0.29) is 22.9 Å². The zero-order valence-electron chi connectivity index (χ0n) is 16.3. The van der Waals surface area contributed by atoms with E-state index in [0.29, 0.717) is 0 Å². The first-order valence-corrected chi connectivity index (χ1v) is 10.00. The van der Waals surface area contributed by atoms with Crippen LogP contribution in [0.5, 0.6) is 0 Å². The summed E-state index contributed by atoms with van der Waals surface area (Å²) in [6.07, 6.45) is 19.9. The molecule has 0 aliphatic rings. The van der Waals surface area contributed by atoms with E-state index in [1.807, 2.05) is 0 Å². The summed E-state index contributed by atoms with van der Waals surface area (Å²) >= 11 is 0. The molecule has 0 aromatic carbocycles. The molecule has 0 saturated heterocycles. The molecule has 0 amide bonds. The first-order valence-electron chi connectivity index (χ1n) is 10.00. The number of alkyl halides is 1. The Morgan fingerprint density at radius 1 is 0.615 bits per heavy atom. The summed E-state index contributed by atoms with van der Waals surface area (Å²) in [6, 6.07) is 0. The van der Waals surface area contributed by atoms with Gasteiger partial charge in [-0.05, 0) is 12.8 Å². The molecular formula is C20H37FNiO4. The van der Waals surface area contributed by atoms with E-state index < -0.39 is 18.6 Å². The molecule has 0 fully saturated rings. The molecule has 6 heteroatoms. The van der Waals surface area contributed by atoms with Crippen LogP contribution in [-0.2, 0) is 26.1 Å². The van der Waals surface area contributed by atoms with Gasteiger partial charge in [0.2, 0.25) is 0 Å². The van der Waals surface area contributed by atoms with Crippen molar-refractivity contribution in [3.63, 3.8) is 0 Å². The molecule has 0 aliphatic heterocycles. The minimum absolute atomic E-state index is 0. The molecule has 4 nitrogen and oxygen atoms in total. The fraction of sp³-hybridized carbons (Fsp3) is 0.900. The molecule has 0 bridgehead atoms. The van der Waals surface area contributed by atoms with E-state index >= 15 is 0 Å². The second kappa shape index (κ2) is 26.6. The van der Waals surface area contributed by atoms with Crippen molar-refractivity contribution in [2.24, 2.45) is 0 Å². The Morgan fingerprint density at radius 3 is 1.12 bits per heavy atom. The van der Waals surface area contributed by atoms with Crippen molar-refractivity contribution in [3.05, 3.63) is 0 Å². The van der Waals surface area contributed by atoms with Crippen LogP contribution in [-0.4, -0.2) is 18.6 Å². The summed E-state index contributed by atoms with van der Waals surface area (Å²) in [6.45, 7) is 0.878. The third-order valence-corrected chi connectivity index (χ3v) is 4.09. The minimum Gasteiger partial charge on any atom is -0.550 e. The predicted octanol–water partition coefficient (Wildman–Crippen LogP) is 3.70. The Hall–Kier alpha value is -0.636. The molecular weight excluding hydrogens is 382 g/mol. The number of hydrogen-bond acceptors (Lipinski definition) is 4. The Bertz CT molecular complexity index is 302. The van der Waals surface area contributed by atoms with Crippen molar-refractivity contribution in [3.8, 4) is 0 Å². The number of hydrogen-bond donors (Lipinski definition) is 0. The predicted molar refractivity (Wildman–Crippen MR) is 95.5 cm³/mol. The smallest absolute Gasteiger partial charge is 0.550 e. The third kappa shape index (κ3) is 34.7. The molecule has 0 N–H and O–H groups in total. The van der Waals surface area contributed by atoms with Gasteiger partial charge in [-0.15, -0.1) is 0 Å². The largest absolute Gasteiger partial charge is 2.00 e. The summed E-state index contributed by atoms with van der Waals surface area (Å²) in [5, 5.41) is 19.1. The van der Waals surface area contributed by atoms with Crippen molar-refractivity contribution in [1.82, 2.24) is 0 Å². The third-order valence-electron chi connectivity index (χ3n) is 4.09. The number of unbranched alkanes of at least 4 members (excludes halogenated alkanes) is 14. The van der Waals surface area contributed by atoms with Crippen LogP contribution in [0.25, 0.3) is 0 Å². The number of rotatable bonds is 17. The SMILES string of the molecule is CCCCCCCCCCCCCCCCCC(=O)[O-].O=C([O-])CF.[Ni+2]. The van der Waals surface area contributed by atoms with Gasteiger partial charge in [0.25, 0.3) is 0 Å². The molecule has 0 aliphatic carbocycles. The van der Waals surface area contributed by atoms with Crippen LogP contribution >= 0.6 is 0 Å². The summed E-state index contributed by atoms with van der Waals surface area (Å²) in [5.41, 5.74) is 0. The molecule has 0 radical (unpaired) electrons. The first-order chi connectivity index (χ1) is 12.0. The normalized spacial score (nSPS) is 9.77. The van der Waals surface area contributed by atoms with Gasteiger partial charge in [-0.3, -0.25) is 0 Å². The van der Waals surface area contributed by atoms with Crippen molar-refractivity contribution in [2.75, 3.05) is 6.67 Å². The van der Waals surface area contributed by atoms with Gasteiger partial charge in [0.15, 0.2) is 0 Å². The summed E-state index contributed by atoms with van der Waals surface area (Å²) in [7, 11) is 0. The Balaban J connectivity index is -0.000000772. The number of carbonyl (C=O) groups excluding carboxylic acids is 2. The number of carboxylic acids is 2. The zero-order valence-corrected chi connectivity index (χ0v) is 17.3. The van der Waals surface area contributed by atoms with Crippen molar-refractivity contribution in [1.29, 1.82) is 0 Å². The van der Waals surface area contributed by atoms with Gasteiger partial charge in [-0.2, -0.15) is 0 Å². The van der Waals surface area contributed by atoms with E-state index in [9.17, 15) is 14.3 Å². The number of carboxylic acid groups (broad SMARTS) is 2.